The molecule has 3 unspecified atom stereocenters. The van der Waals surface area contributed by atoms with Crippen LogP contribution in [0.3, 0.4) is 0 Å². The molecule has 1 saturated carbocycles. The molecule has 0 saturated heterocycles. The molecule has 0 bridgehead atoms. The number of amides is 2. The molecule has 2 amide bonds. The topological polar surface area (TPSA) is 78.4 Å². The zero-order chi connectivity index (χ0) is 13.9. The van der Waals surface area contributed by atoms with E-state index >= 15 is 0 Å². The lowest BCUT2D eigenvalue weighted by Gasteiger charge is -2.28. The van der Waals surface area contributed by atoms with Crippen molar-refractivity contribution in [3.8, 4) is 0 Å². The van der Waals surface area contributed by atoms with Gasteiger partial charge in [-0.15, -0.1) is 0 Å². The van der Waals surface area contributed by atoms with E-state index in [2.05, 4.69) is 10.6 Å². The van der Waals surface area contributed by atoms with E-state index in [0.717, 1.165) is 12.8 Å². The molecule has 18 heavy (non-hydrogen) atoms. The van der Waals surface area contributed by atoms with Crippen LogP contribution in [0.25, 0.3) is 0 Å². The summed E-state index contributed by atoms with van der Waals surface area (Å²) in [5, 5.41) is 14.9. The van der Waals surface area contributed by atoms with Gasteiger partial charge in [-0.3, -0.25) is 4.79 Å². The van der Waals surface area contributed by atoms with Crippen LogP contribution in [-0.4, -0.2) is 29.2 Å². The smallest absolute Gasteiger partial charge is 0.315 e. The molecule has 0 heterocycles. The van der Waals surface area contributed by atoms with Crippen LogP contribution in [0.15, 0.2) is 0 Å². The molecule has 1 fully saturated rings. The van der Waals surface area contributed by atoms with Gasteiger partial charge in [-0.2, -0.15) is 0 Å². The number of rotatable bonds is 4. The van der Waals surface area contributed by atoms with Gasteiger partial charge in [-0.05, 0) is 32.6 Å². The Hall–Kier alpha value is -1.26. The summed E-state index contributed by atoms with van der Waals surface area (Å²) in [6.07, 6.45) is 2.19. The quantitative estimate of drug-likeness (QED) is 0.719. The molecule has 5 nitrogen and oxygen atoms in total. The highest BCUT2D eigenvalue weighted by Gasteiger charge is 2.45. The average molecular weight is 256 g/mol. The minimum atomic E-state index is -0.835. The number of nitrogens with one attached hydrogen (secondary N) is 2. The summed E-state index contributed by atoms with van der Waals surface area (Å²) in [5.74, 6) is -0.479. The Morgan fingerprint density at radius 2 is 1.94 bits per heavy atom. The summed E-state index contributed by atoms with van der Waals surface area (Å²) in [6, 6.07) is -0.479. The van der Waals surface area contributed by atoms with E-state index in [0.29, 0.717) is 12.3 Å². The first-order valence-corrected chi connectivity index (χ1v) is 6.58. The van der Waals surface area contributed by atoms with Crippen LogP contribution in [0.1, 0.15) is 47.0 Å². The second-order valence-corrected chi connectivity index (χ2v) is 5.82. The van der Waals surface area contributed by atoms with Crippen LogP contribution in [0.2, 0.25) is 0 Å². The second kappa shape index (κ2) is 5.59. The van der Waals surface area contributed by atoms with E-state index in [1.807, 2.05) is 20.8 Å². The highest BCUT2D eigenvalue weighted by molar-refractivity contribution is 5.79. The highest BCUT2D eigenvalue weighted by Crippen LogP contribution is 2.38. The fourth-order valence-corrected chi connectivity index (χ4v) is 2.23. The Morgan fingerprint density at radius 1 is 1.33 bits per heavy atom. The standard InChI is InChI=1S/C13H24N2O3/c1-8(2)9(3)14-12(18)15-10-6-5-7-13(10,4)11(16)17/h8-10H,5-7H2,1-4H3,(H,16,17)(H2,14,15,18). The molecule has 0 radical (unpaired) electrons. The molecule has 0 aromatic heterocycles. The number of carbonyl (C=O) groups excluding carboxylic acids is 1. The Bertz CT molecular complexity index is 330. The summed E-state index contributed by atoms with van der Waals surface area (Å²) >= 11 is 0. The predicted molar refractivity (Wildman–Crippen MR) is 69.3 cm³/mol. The van der Waals surface area contributed by atoms with E-state index in [1.54, 1.807) is 6.92 Å². The first-order valence-electron chi connectivity index (χ1n) is 6.58. The molecular formula is C13H24N2O3. The summed E-state index contributed by atoms with van der Waals surface area (Å²) < 4.78 is 0. The van der Waals surface area contributed by atoms with Crippen molar-refractivity contribution in [3.63, 3.8) is 0 Å². The maximum Gasteiger partial charge on any atom is 0.315 e. The van der Waals surface area contributed by atoms with Crippen LogP contribution in [0, 0.1) is 11.3 Å². The fraction of sp³-hybridized carbons (Fsp3) is 0.846. The summed E-state index contributed by atoms with van der Waals surface area (Å²) in [4.78, 5) is 23.1. The second-order valence-electron chi connectivity index (χ2n) is 5.82. The fourth-order valence-electron chi connectivity index (χ4n) is 2.23. The minimum absolute atomic E-state index is 0.0717. The molecule has 104 valence electrons. The Morgan fingerprint density at radius 3 is 2.44 bits per heavy atom. The summed E-state index contributed by atoms with van der Waals surface area (Å²) in [6.45, 7) is 7.71. The minimum Gasteiger partial charge on any atom is -0.481 e. The number of carboxylic acid groups (broad SMARTS) is 1. The van der Waals surface area contributed by atoms with Gasteiger partial charge in [0, 0.05) is 12.1 Å². The molecule has 1 rings (SSSR count). The van der Waals surface area contributed by atoms with E-state index < -0.39 is 11.4 Å². The third-order valence-electron chi connectivity index (χ3n) is 4.11. The maximum atomic E-state index is 11.8. The molecule has 1 aliphatic rings. The Labute approximate surface area is 108 Å². The van der Waals surface area contributed by atoms with E-state index in [-0.39, 0.29) is 18.1 Å². The van der Waals surface area contributed by atoms with Gasteiger partial charge in [0.25, 0.3) is 0 Å². The molecule has 3 atom stereocenters. The van der Waals surface area contributed by atoms with Crippen molar-refractivity contribution in [2.45, 2.75) is 59.0 Å². The molecule has 3 N–H and O–H groups in total. The van der Waals surface area contributed by atoms with Crippen LogP contribution in [-0.2, 0) is 4.79 Å². The zero-order valence-electron chi connectivity index (χ0n) is 11.6. The number of urea groups is 1. The van der Waals surface area contributed by atoms with Gasteiger partial charge in [0.2, 0.25) is 0 Å². The van der Waals surface area contributed by atoms with Gasteiger partial charge in [0.05, 0.1) is 5.41 Å². The van der Waals surface area contributed by atoms with Gasteiger partial charge in [-0.1, -0.05) is 20.3 Å². The lowest BCUT2D eigenvalue weighted by Crippen LogP contribution is -2.52. The van der Waals surface area contributed by atoms with Crippen molar-refractivity contribution in [2.24, 2.45) is 11.3 Å². The van der Waals surface area contributed by atoms with Crippen molar-refractivity contribution in [1.29, 1.82) is 0 Å². The molecule has 0 aliphatic heterocycles. The highest BCUT2D eigenvalue weighted by atomic mass is 16.4. The van der Waals surface area contributed by atoms with Gasteiger partial charge in [0.15, 0.2) is 0 Å². The summed E-state index contributed by atoms with van der Waals surface area (Å²) in [5.41, 5.74) is -0.835. The molecule has 0 aromatic carbocycles. The summed E-state index contributed by atoms with van der Waals surface area (Å²) in [7, 11) is 0. The number of hydrogen-bond acceptors (Lipinski definition) is 2. The largest absolute Gasteiger partial charge is 0.481 e. The predicted octanol–water partition coefficient (Wildman–Crippen LogP) is 1.97. The first kappa shape index (κ1) is 14.8. The monoisotopic (exact) mass is 256 g/mol. The third-order valence-corrected chi connectivity index (χ3v) is 4.11. The van der Waals surface area contributed by atoms with E-state index in [4.69, 9.17) is 0 Å². The van der Waals surface area contributed by atoms with Crippen LogP contribution >= 0.6 is 0 Å². The molecule has 1 aliphatic carbocycles. The number of hydrogen-bond donors (Lipinski definition) is 3. The first-order chi connectivity index (χ1) is 8.27. The van der Waals surface area contributed by atoms with Crippen LogP contribution < -0.4 is 10.6 Å². The Balaban J connectivity index is 2.57. The van der Waals surface area contributed by atoms with Gasteiger partial charge >= 0.3 is 12.0 Å². The SMILES string of the molecule is CC(C)C(C)NC(=O)NC1CCCC1(C)C(=O)O. The molecule has 0 aromatic rings. The van der Waals surface area contributed by atoms with Crippen molar-refractivity contribution in [2.75, 3.05) is 0 Å². The number of aliphatic carboxylic acids is 1. The van der Waals surface area contributed by atoms with Crippen LogP contribution in [0.5, 0.6) is 0 Å². The average Bonchev–Trinajstić information content (AvgIpc) is 2.61. The lowest BCUT2D eigenvalue weighted by atomic mass is 9.85. The van der Waals surface area contributed by atoms with Gasteiger partial charge in [-0.25, -0.2) is 4.79 Å². The van der Waals surface area contributed by atoms with E-state index in [1.165, 1.54) is 0 Å². The molecule has 5 heteroatoms. The Kier molecular flexibility index (Phi) is 4.59. The van der Waals surface area contributed by atoms with Gasteiger partial charge < -0.3 is 15.7 Å². The molecular weight excluding hydrogens is 232 g/mol. The van der Waals surface area contributed by atoms with E-state index in [9.17, 15) is 14.7 Å². The van der Waals surface area contributed by atoms with Crippen molar-refractivity contribution in [3.05, 3.63) is 0 Å². The number of carbonyl (C=O) groups is 2. The lowest BCUT2D eigenvalue weighted by molar-refractivity contribution is -0.148. The van der Waals surface area contributed by atoms with Crippen molar-refractivity contribution in [1.82, 2.24) is 10.6 Å². The third kappa shape index (κ3) is 3.15. The van der Waals surface area contributed by atoms with Crippen LogP contribution in [0.4, 0.5) is 4.79 Å². The van der Waals surface area contributed by atoms with Crippen molar-refractivity contribution >= 4 is 12.0 Å². The zero-order valence-corrected chi connectivity index (χ0v) is 11.6. The normalized spacial score (nSPS) is 29.1. The maximum absolute atomic E-state index is 11.8. The van der Waals surface area contributed by atoms with Crippen molar-refractivity contribution < 1.29 is 14.7 Å². The molecule has 0 spiro atoms. The van der Waals surface area contributed by atoms with Gasteiger partial charge in [0.1, 0.15) is 0 Å². The number of carboxylic acids is 1.